The lowest BCUT2D eigenvalue weighted by Gasteiger charge is -2.10. The van der Waals surface area contributed by atoms with Crippen LogP contribution in [0.2, 0.25) is 0 Å². The molecule has 0 atom stereocenters. The first-order chi connectivity index (χ1) is 15.1. The van der Waals surface area contributed by atoms with Gasteiger partial charge in [-0.2, -0.15) is 5.10 Å². The summed E-state index contributed by atoms with van der Waals surface area (Å²) in [5.41, 5.74) is 4.21. The van der Waals surface area contributed by atoms with Crippen LogP contribution in [0.3, 0.4) is 0 Å². The van der Waals surface area contributed by atoms with Gasteiger partial charge in [-0.1, -0.05) is 23.9 Å². The van der Waals surface area contributed by atoms with Gasteiger partial charge in [-0.15, -0.1) is 10.2 Å². The summed E-state index contributed by atoms with van der Waals surface area (Å²) in [6.07, 6.45) is 1.62. The number of amides is 1. The minimum absolute atomic E-state index is 0.102. The van der Waals surface area contributed by atoms with Crippen LogP contribution in [0.5, 0.6) is 11.5 Å². The Morgan fingerprint density at radius 1 is 1.23 bits per heavy atom. The summed E-state index contributed by atoms with van der Waals surface area (Å²) in [7, 11) is 1.61. The maximum Gasteiger partial charge on any atom is 0.264 e. The molecule has 4 N–H and O–H groups in total. The Labute approximate surface area is 183 Å². The first-order valence-electron chi connectivity index (χ1n) is 9.38. The lowest BCUT2D eigenvalue weighted by atomic mass is 10.2. The van der Waals surface area contributed by atoms with Gasteiger partial charge >= 0.3 is 0 Å². The van der Waals surface area contributed by atoms with E-state index in [0.29, 0.717) is 23.2 Å². The third kappa shape index (κ3) is 6.12. The molecule has 1 heterocycles. The molecule has 0 aliphatic rings. The van der Waals surface area contributed by atoms with Gasteiger partial charge in [0.2, 0.25) is 11.1 Å². The Balaban J connectivity index is 1.53. The van der Waals surface area contributed by atoms with E-state index in [9.17, 15) is 4.79 Å². The third-order valence-corrected chi connectivity index (χ3v) is 4.89. The van der Waals surface area contributed by atoms with Gasteiger partial charge in [-0.05, 0) is 48.9 Å². The van der Waals surface area contributed by atoms with Crippen LogP contribution in [0, 0.1) is 0 Å². The molecule has 0 aliphatic heterocycles. The summed E-state index contributed by atoms with van der Waals surface area (Å²) in [5.74, 6) is 7.50. The summed E-state index contributed by atoms with van der Waals surface area (Å²) in [5, 5.41) is 15.2. The molecule has 0 saturated carbocycles. The molecule has 0 aliphatic carbocycles. The monoisotopic (exact) mass is 441 g/mol. The number of nitrogens with one attached hydrogen (secondary N) is 2. The predicted octanol–water partition coefficient (Wildman–Crippen LogP) is 2.58. The third-order valence-electron chi connectivity index (χ3n) is 3.95. The fourth-order valence-electron chi connectivity index (χ4n) is 2.47. The van der Waals surface area contributed by atoms with Gasteiger partial charge in [-0.3, -0.25) is 4.79 Å². The van der Waals surface area contributed by atoms with Crippen molar-refractivity contribution in [3.05, 3.63) is 54.1 Å². The Morgan fingerprint density at radius 3 is 2.74 bits per heavy atom. The number of rotatable bonds is 10. The highest BCUT2D eigenvalue weighted by Gasteiger charge is 2.13. The molecule has 31 heavy (non-hydrogen) atoms. The van der Waals surface area contributed by atoms with E-state index in [1.807, 2.05) is 43.3 Å². The van der Waals surface area contributed by atoms with Gasteiger partial charge in [0.15, 0.2) is 0 Å². The highest BCUT2D eigenvalue weighted by Crippen LogP contribution is 2.24. The normalized spacial score (nSPS) is 10.8. The van der Waals surface area contributed by atoms with Gasteiger partial charge in [0, 0.05) is 0 Å². The van der Waals surface area contributed by atoms with Crippen LogP contribution < -0.4 is 26.1 Å². The molecule has 0 bridgehead atoms. The van der Waals surface area contributed by atoms with E-state index >= 15 is 0 Å². The highest BCUT2D eigenvalue weighted by molar-refractivity contribution is 7.99. The van der Waals surface area contributed by atoms with Gasteiger partial charge in [-0.25, -0.2) is 10.1 Å². The van der Waals surface area contributed by atoms with E-state index in [-0.39, 0.29) is 17.6 Å². The number of carbonyl (C=O) groups is 1. The number of hydrazone groups is 1. The fraction of sp³-hybridized carbons (Fsp3) is 0.200. The number of hydrogen-bond acceptors (Lipinski definition) is 9. The van der Waals surface area contributed by atoms with Gasteiger partial charge < -0.3 is 20.6 Å². The number of nitrogens with zero attached hydrogens (tertiary/aromatic N) is 4. The second-order valence-electron chi connectivity index (χ2n) is 6.09. The number of hydrogen-bond donors (Lipinski definition) is 3. The first kappa shape index (κ1) is 22.0. The summed E-state index contributed by atoms with van der Waals surface area (Å²) in [6, 6.07) is 14.6. The molecule has 3 rings (SSSR count). The number of para-hydroxylation sites is 2. The Kier molecular flexibility index (Phi) is 7.71. The number of thioether (sulfide) groups is 1. The van der Waals surface area contributed by atoms with E-state index in [0.717, 1.165) is 23.1 Å². The van der Waals surface area contributed by atoms with E-state index < -0.39 is 0 Å². The standard InChI is InChI=1S/C20H23N7O3S/c1-3-30-17-7-5-4-6-16(17)23-18(28)13-31-20-26-25-19(27(20)21)24-22-12-14-8-10-15(29-2)11-9-14/h4-12H,3,13,21H2,1-2H3,(H,23,28)(H,24,25)/b22-12+. The molecule has 3 aromatic rings. The van der Waals surface area contributed by atoms with Crippen LogP contribution in [0.15, 0.2) is 58.8 Å². The maximum absolute atomic E-state index is 12.3. The quantitative estimate of drug-likeness (QED) is 0.189. The first-order valence-corrected chi connectivity index (χ1v) is 10.4. The number of benzene rings is 2. The van der Waals surface area contributed by atoms with E-state index in [2.05, 4.69) is 26.0 Å². The zero-order chi connectivity index (χ0) is 22.1. The highest BCUT2D eigenvalue weighted by atomic mass is 32.2. The van der Waals surface area contributed by atoms with Crippen LogP contribution in [0.1, 0.15) is 12.5 Å². The van der Waals surface area contributed by atoms with Crippen molar-refractivity contribution >= 4 is 35.5 Å². The average molecular weight is 442 g/mol. The van der Waals surface area contributed by atoms with Crippen molar-refractivity contribution in [2.45, 2.75) is 12.1 Å². The molecular weight excluding hydrogens is 418 g/mol. The molecule has 162 valence electrons. The van der Waals surface area contributed by atoms with Crippen LogP contribution in [0.25, 0.3) is 0 Å². The topological polar surface area (TPSA) is 129 Å². The zero-order valence-corrected chi connectivity index (χ0v) is 17.9. The van der Waals surface area contributed by atoms with Crippen molar-refractivity contribution in [1.82, 2.24) is 14.9 Å². The molecule has 10 nitrogen and oxygen atoms in total. The fourth-order valence-corrected chi connectivity index (χ4v) is 3.13. The zero-order valence-electron chi connectivity index (χ0n) is 17.1. The summed E-state index contributed by atoms with van der Waals surface area (Å²) >= 11 is 1.15. The van der Waals surface area contributed by atoms with Crippen molar-refractivity contribution in [1.29, 1.82) is 0 Å². The number of aromatic nitrogens is 3. The lowest BCUT2D eigenvalue weighted by Crippen LogP contribution is -2.17. The van der Waals surface area contributed by atoms with Crippen LogP contribution >= 0.6 is 11.8 Å². The van der Waals surface area contributed by atoms with Crippen LogP contribution in [0.4, 0.5) is 11.6 Å². The number of nitrogens with two attached hydrogens (primary N) is 1. The largest absolute Gasteiger partial charge is 0.497 e. The molecule has 0 radical (unpaired) electrons. The molecule has 11 heteroatoms. The minimum Gasteiger partial charge on any atom is -0.497 e. The van der Waals surface area contributed by atoms with E-state index in [1.54, 1.807) is 25.5 Å². The Bertz CT molecular complexity index is 1040. The van der Waals surface area contributed by atoms with Gasteiger partial charge in [0.25, 0.3) is 5.95 Å². The average Bonchev–Trinajstić information content (AvgIpc) is 3.14. The van der Waals surface area contributed by atoms with Crippen LogP contribution in [-0.2, 0) is 4.79 Å². The van der Waals surface area contributed by atoms with E-state index in [4.69, 9.17) is 15.3 Å². The Hall–Kier alpha value is -3.73. The Morgan fingerprint density at radius 2 is 2.00 bits per heavy atom. The van der Waals surface area contributed by atoms with Crippen molar-refractivity contribution in [2.24, 2.45) is 5.10 Å². The molecular formula is C20H23N7O3S. The number of anilines is 2. The summed E-state index contributed by atoms with van der Waals surface area (Å²) in [4.78, 5) is 12.3. The minimum atomic E-state index is -0.216. The molecule has 0 unspecified atom stereocenters. The maximum atomic E-state index is 12.3. The number of nitrogen functional groups attached to an aromatic ring is 1. The van der Waals surface area contributed by atoms with E-state index in [1.165, 1.54) is 4.68 Å². The second kappa shape index (κ2) is 10.9. The lowest BCUT2D eigenvalue weighted by molar-refractivity contribution is -0.113. The molecule has 1 aromatic heterocycles. The molecule has 0 saturated heterocycles. The number of methoxy groups -OCH3 is 1. The van der Waals surface area contributed by atoms with Crippen molar-refractivity contribution < 1.29 is 14.3 Å². The number of ether oxygens (including phenoxy) is 2. The predicted molar refractivity (Wildman–Crippen MR) is 121 cm³/mol. The van der Waals surface area contributed by atoms with Crippen molar-refractivity contribution in [3.8, 4) is 11.5 Å². The summed E-state index contributed by atoms with van der Waals surface area (Å²) < 4.78 is 11.9. The smallest absolute Gasteiger partial charge is 0.264 e. The van der Waals surface area contributed by atoms with Gasteiger partial charge in [0.05, 0.1) is 31.4 Å². The SMILES string of the molecule is CCOc1ccccc1NC(=O)CSc1nnc(N/N=C/c2ccc(OC)cc2)n1N. The molecule has 0 spiro atoms. The summed E-state index contributed by atoms with van der Waals surface area (Å²) in [6.45, 7) is 2.39. The molecule has 1 amide bonds. The van der Waals surface area contributed by atoms with Crippen LogP contribution in [-0.4, -0.2) is 46.5 Å². The van der Waals surface area contributed by atoms with Crippen molar-refractivity contribution in [2.75, 3.05) is 36.1 Å². The molecule has 0 fully saturated rings. The number of carbonyl (C=O) groups excluding carboxylic acids is 1. The molecule has 2 aromatic carbocycles. The second-order valence-corrected chi connectivity index (χ2v) is 7.03. The van der Waals surface area contributed by atoms with Crippen molar-refractivity contribution in [3.63, 3.8) is 0 Å². The van der Waals surface area contributed by atoms with Gasteiger partial charge in [0.1, 0.15) is 11.5 Å².